The van der Waals surface area contributed by atoms with E-state index in [0.717, 1.165) is 11.5 Å². The van der Waals surface area contributed by atoms with E-state index in [4.69, 9.17) is 4.74 Å². The van der Waals surface area contributed by atoms with Crippen molar-refractivity contribution in [2.45, 2.75) is 63.8 Å². The van der Waals surface area contributed by atoms with Gasteiger partial charge >= 0.3 is 6.18 Å². The fraction of sp³-hybridized carbons (Fsp3) is 0.600. The molecule has 1 aliphatic rings. The number of halogens is 4. The van der Waals surface area contributed by atoms with Crippen LogP contribution in [0.15, 0.2) is 18.2 Å². The zero-order chi connectivity index (χ0) is 27.5. The number of nitrogens with one attached hydrogen (secondary N) is 1. The van der Waals surface area contributed by atoms with E-state index in [1.54, 1.807) is 6.92 Å². The van der Waals surface area contributed by atoms with Crippen LogP contribution in [0.3, 0.4) is 0 Å². The second kappa shape index (κ2) is 11.4. The maximum Gasteiger partial charge on any atom is 0.391 e. The molecule has 3 rings (SSSR count). The van der Waals surface area contributed by atoms with Crippen molar-refractivity contribution in [3.05, 3.63) is 41.2 Å². The Morgan fingerprint density at radius 3 is 2.43 bits per heavy atom. The van der Waals surface area contributed by atoms with Crippen molar-refractivity contribution in [2.24, 2.45) is 11.8 Å². The van der Waals surface area contributed by atoms with Gasteiger partial charge in [0.2, 0.25) is 5.95 Å². The van der Waals surface area contributed by atoms with E-state index in [1.165, 1.54) is 31.6 Å². The van der Waals surface area contributed by atoms with Gasteiger partial charge in [0.15, 0.2) is 5.69 Å². The van der Waals surface area contributed by atoms with Crippen molar-refractivity contribution in [3.8, 4) is 11.4 Å². The summed E-state index contributed by atoms with van der Waals surface area (Å²) in [5.74, 6) is -2.64. The van der Waals surface area contributed by atoms with Crippen molar-refractivity contribution in [2.75, 3.05) is 19.9 Å². The van der Waals surface area contributed by atoms with E-state index in [9.17, 15) is 26.4 Å². The Bertz CT molecular complexity index is 1220. The molecule has 1 aromatic heterocycles. The molecule has 1 saturated carbocycles. The van der Waals surface area contributed by atoms with Gasteiger partial charge in [0.1, 0.15) is 21.4 Å². The summed E-state index contributed by atoms with van der Waals surface area (Å²) in [5, 5.41) is 2.35. The highest BCUT2D eigenvalue weighted by atomic mass is 32.2. The first-order chi connectivity index (χ1) is 17.3. The van der Waals surface area contributed by atoms with Crippen LogP contribution in [0.5, 0.6) is 5.75 Å². The summed E-state index contributed by atoms with van der Waals surface area (Å²) in [4.78, 5) is 17.0. The molecule has 1 heterocycles. The number of alkyl halides is 3. The number of ether oxygens (including phenoxy) is 1. The number of carbonyl (C=O) groups excluding carboxylic acids is 1. The van der Waals surface area contributed by atoms with Crippen LogP contribution in [0.2, 0.25) is 0 Å². The number of methoxy groups -OCH3 is 1. The Labute approximate surface area is 214 Å². The molecule has 0 aliphatic heterocycles. The van der Waals surface area contributed by atoms with Crippen molar-refractivity contribution in [3.63, 3.8) is 0 Å². The molecule has 1 atom stereocenters. The lowest BCUT2D eigenvalue weighted by Gasteiger charge is -2.27. The Hall–Kier alpha value is -2.63. The molecule has 1 N–H and O–H groups in total. The standard InChI is InChI=1S/C25H33F4N3O4S/c1-5-21-31-22(24(33)30-14-16-6-9-18(10-7-16)37(4,34)35)23(26)32(21)19-11-8-17(13-20(19)36-3)12-15(2)25(27,28)29/h8,11,13,15-16,18H,5-7,9-10,12,14H2,1-4H3,(H,30,33)/t15?,16-,18+. The summed E-state index contributed by atoms with van der Waals surface area (Å²) in [6.07, 6.45) is -0.734. The van der Waals surface area contributed by atoms with Gasteiger partial charge in [0.05, 0.1) is 24.0 Å². The Morgan fingerprint density at radius 1 is 1.24 bits per heavy atom. The summed E-state index contributed by atoms with van der Waals surface area (Å²) in [6, 6.07) is 4.37. The number of imidazole rings is 1. The number of benzene rings is 1. The van der Waals surface area contributed by atoms with Gasteiger partial charge in [-0.05, 0) is 55.7 Å². The summed E-state index contributed by atoms with van der Waals surface area (Å²) in [5.41, 5.74) is 0.219. The molecule has 12 heteroatoms. The fourth-order valence-corrected chi connectivity index (χ4v) is 5.79. The minimum absolute atomic E-state index is 0.0875. The zero-order valence-electron chi connectivity index (χ0n) is 21.4. The van der Waals surface area contributed by atoms with Crippen molar-refractivity contribution < 1.29 is 35.5 Å². The molecular weight excluding hydrogens is 514 g/mol. The minimum atomic E-state index is -4.34. The number of sulfone groups is 1. The molecule has 1 aliphatic carbocycles. The van der Waals surface area contributed by atoms with Crippen LogP contribution in [0.25, 0.3) is 5.69 Å². The first-order valence-corrected chi connectivity index (χ1v) is 14.2. The van der Waals surface area contributed by atoms with Crippen molar-refractivity contribution in [1.29, 1.82) is 0 Å². The number of amides is 1. The third kappa shape index (κ3) is 6.82. The van der Waals surface area contributed by atoms with Crippen LogP contribution in [-0.2, 0) is 22.7 Å². The highest BCUT2D eigenvalue weighted by Gasteiger charge is 2.36. The highest BCUT2D eigenvalue weighted by Crippen LogP contribution is 2.33. The molecule has 37 heavy (non-hydrogen) atoms. The predicted molar refractivity (Wildman–Crippen MR) is 131 cm³/mol. The predicted octanol–water partition coefficient (Wildman–Crippen LogP) is 4.66. The van der Waals surface area contributed by atoms with Gasteiger partial charge < -0.3 is 10.1 Å². The van der Waals surface area contributed by atoms with Gasteiger partial charge in [0.25, 0.3) is 5.91 Å². The summed E-state index contributed by atoms with van der Waals surface area (Å²) in [6.45, 7) is 3.11. The Morgan fingerprint density at radius 2 is 1.89 bits per heavy atom. The number of carbonyl (C=O) groups is 1. The fourth-order valence-electron chi connectivity index (χ4n) is 4.66. The van der Waals surface area contributed by atoms with Crippen LogP contribution < -0.4 is 10.1 Å². The van der Waals surface area contributed by atoms with Gasteiger partial charge in [-0.15, -0.1) is 0 Å². The van der Waals surface area contributed by atoms with Crippen molar-refractivity contribution in [1.82, 2.24) is 14.9 Å². The number of hydrogen-bond acceptors (Lipinski definition) is 5. The molecule has 206 valence electrons. The molecule has 1 fully saturated rings. The topological polar surface area (TPSA) is 90.3 Å². The largest absolute Gasteiger partial charge is 0.495 e. The van der Waals surface area contributed by atoms with Gasteiger partial charge in [-0.2, -0.15) is 17.6 Å². The molecule has 0 radical (unpaired) electrons. The highest BCUT2D eigenvalue weighted by molar-refractivity contribution is 7.91. The second-order valence-corrected chi connectivity index (χ2v) is 12.0. The first kappa shape index (κ1) is 28.9. The lowest BCUT2D eigenvalue weighted by atomic mass is 9.89. The molecule has 0 bridgehead atoms. The summed E-state index contributed by atoms with van der Waals surface area (Å²) < 4.78 is 84.4. The van der Waals surface area contributed by atoms with E-state index in [0.29, 0.717) is 31.2 Å². The first-order valence-electron chi connectivity index (χ1n) is 12.2. The van der Waals surface area contributed by atoms with Crippen molar-refractivity contribution >= 4 is 15.7 Å². The van der Waals surface area contributed by atoms with Crippen LogP contribution in [-0.4, -0.2) is 55.2 Å². The number of aryl methyl sites for hydroxylation is 1. The minimum Gasteiger partial charge on any atom is -0.495 e. The van der Waals surface area contributed by atoms with Gasteiger partial charge in [-0.25, -0.2) is 13.4 Å². The molecule has 1 aromatic carbocycles. The quantitative estimate of drug-likeness (QED) is 0.462. The normalized spacial score (nSPS) is 19.5. The number of hydrogen-bond donors (Lipinski definition) is 1. The van der Waals surface area contributed by atoms with Crippen LogP contribution >= 0.6 is 0 Å². The maximum atomic E-state index is 15.5. The average molecular weight is 548 g/mol. The molecule has 2 aromatic rings. The van der Waals surface area contributed by atoms with Gasteiger partial charge in [-0.1, -0.05) is 19.9 Å². The smallest absolute Gasteiger partial charge is 0.391 e. The maximum absolute atomic E-state index is 15.5. The molecule has 1 amide bonds. The third-order valence-corrected chi connectivity index (χ3v) is 8.64. The summed E-state index contributed by atoms with van der Waals surface area (Å²) >= 11 is 0. The average Bonchev–Trinajstić information content (AvgIpc) is 3.17. The molecule has 7 nitrogen and oxygen atoms in total. The molecule has 0 spiro atoms. The van der Waals surface area contributed by atoms with E-state index in [1.807, 2.05) is 0 Å². The van der Waals surface area contributed by atoms with Gasteiger partial charge in [0, 0.05) is 19.2 Å². The molecule has 0 saturated heterocycles. The van der Waals surface area contributed by atoms with Crippen LogP contribution in [0, 0.1) is 17.8 Å². The third-order valence-electron chi connectivity index (χ3n) is 6.96. The van der Waals surface area contributed by atoms with Gasteiger partial charge in [-0.3, -0.25) is 9.36 Å². The van der Waals surface area contributed by atoms with E-state index < -0.39 is 39.5 Å². The van der Waals surface area contributed by atoms with E-state index in [2.05, 4.69) is 10.3 Å². The zero-order valence-corrected chi connectivity index (χ0v) is 22.2. The SMILES string of the molecule is CCc1nc(C(=O)NC[C@H]2CC[C@@H](S(C)(=O)=O)CC2)c(F)n1-c1ccc(CC(C)C(F)(F)F)cc1OC. The number of rotatable bonds is 9. The monoisotopic (exact) mass is 547 g/mol. The molecule has 1 unspecified atom stereocenters. The Balaban J connectivity index is 1.78. The lowest BCUT2D eigenvalue weighted by molar-refractivity contribution is -0.169. The lowest BCUT2D eigenvalue weighted by Crippen LogP contribution is -2.34. The number of nitrogens with zero attached hydrogens (tertiary/aromatic N) is 2. The van der Waals surface area contributed by atoms with E-state index in [-0.39, 0.29) is 47.8 Å². The number of aromatic nitrogens is 2. The summed E-state index contributed by atoms with van der Waals surface area (Å²) in [7, 11) is -1.76. The second-order valence-electron chi connectivity index (χ2n) is 9.69. The molecular formula is C25H33F4N3O4S. The van der Waals surface area contributed by atoms with Crippen LogP contribution in [0.1, 0.15) is 61.4 Å². The Kier molecular flexibility index (Phi) is 8.92. The van der Waals surface area contributed by atoms with Crippen LogP contribution in [0.4, 0.5) is 17.6 Å². The van der Waals surface area contributed by atoms with E-state index >= 15 is 4.39 Å².